The molecule has 0 bridgehead atoms. The summed E-state index contributed by atoms with van der Waals surface area (Å²) in [7, 11) is 0. The molecule has 2 fully saturated rings. The van der Waals surface area contributed by atoms with Crippen LogP contribution in [0.5, 0.6) is 0 Å². The van der Waals surface area contributed by atoms with Crippen molar-refractivity contribution in [2.75, 3.05) is 6.54 Å². The topological polar surface area (TPSA) is 62.5 Å². The van der Waals surface area contributed by atoms with Gasteiger partial charge in [-0.1, -0.05) is 55.7 Å². The molecule has 5 nitrogen and oxygen atoms in total. The van der Waals surface area contributed by atoms with Crippen molar-refractivity contribution < 1.29 is 27.9 Å². The summed E-state index contributed by atoms with van der Waals surface area (Å²) >= 11 is 1.15. The van der Waals surface area contributed by atoms with Crippen molar-refractivity contribution >= 4 is 45.2 Å². The molecule has 4 aromatic rings. The predicted octanol–water partition coefficient (Wildman–Crippen LogP) is 9.41. The number of fused-ring (bicyclic) bond motifs is 1. The van der Waals surface area contributed by atoms with Gasteiger partial charge in [0, 0.05) is 17.5 Å². The van der Waals surface area contributed by atoms with Crippen LogP contribution in [0.4, 0.5) is 13.2 Å². The highest BCUT2D eigenvalue weighted by Gasteiger charge is 2.32. The van der Waals surface area contributed by atoms with Crippen LogP contribution in [0.3, 0.4) is 0 Å². The Hall–Kier alpha value is -3.24. The molecular formula is C33H33F3N2O3S2. The van der Waals surface area contributed by atoms with E-state index in [2.05, 4.69) is 6.92 Å². The number of aromatic nitrogens is 1. The highest BCUT2D eigenvalue weighted by atomic mass is 32.2. The number of amides is 1. The van der Waals surface area contributed by atoms with E-state index in [-0.39, 0.29) is 45.9 Å². The number of hydrogen-bond donors (Lipinski definition) is 1. The molecule has 2 aromatic heterocycles. The minimum atomic E-state index is -4.36. The van der Waals surface area contributed by atoms with Crippen LogP contribution >= 0.6 is 23.1 Å². The van der Waals surface area contributed by atoms with Gasteiger partial charge in [-0.3, -0.25) is 4.79 Å². The summed E-state index contributed by atoms with van der Waals surface area (Å²) in [6.07, 6.45) is 7.33. The molecule has 2 aromatic carbocycles. The Morgan fingerprint density at radius 3 is 2.33 bits per heavy atom. The van der Waals surface area contributed by atoms with Gasteiger partial charge in [-0.05, 0) is 90.7 Å². The van der Waals surface area contributed by atoms with E-state index in [9.17, 15) is 27.9 Å². The first-order valence-electron chi connectivity index (χ1n) is 14.7. The van der Waals surface area contributed by atoms with Crippen molar-refractivity contribution in [3.8, 4) is 22.4 Å². The van der Waals surface area contributed by atoms with Crippen LogP contribution < -0.4 is 0 Å². The molecule has 226 valence electrons. The van der Waals surface area contributed by atoms with E-state index < -0.39 is 11.5 Å². The van der Waals surface area contributed by atoms with Gasteiger partial charge in [-0.15, -0.1) is 11.3 Å². The molecule has 1 saturated heterocycles. The average Bonchev–Trinajstić information content (AvgIpc) is 3.68. The molecule has 1 aliphatic heterocycles. The quantitative estimate of drug-likeness (QED) is 0.208. The van der Waals surface area contributed by atoms with Crippen LogP contribution in [0.25, 0.3) is 32.6 Å². The highest BCUT2D eigenvalue weighted by molar-refractivity contribution is 8.00. The number of rotatable bonds is 7. The third-order valence-corrected chi connectivity index (χ3v) is 10.6. The summed E-state index contributed by atoms with van der Waals surface area (Å²) < 4.78 is 41.9. The zero-order valence-corrected chi connectivity index (χ0v) is 25.5. The fourth-order valence-electron chi connectivity index (χ4n) is 6.72. The second-order valence-corrected chi connectivity index (χ2v) is 13.7. The van der Waals surface area contributed by atoms with Crippen LogP contribution in [-0.2, 0) is 11.3 Å². The fourth-order valence-corrected chi connectivity index (χ4v) is 8.45. The molecule has 1 amide bonds. The number of thiophene rings is 1. The Morgan fingerprint density at radius 1 is 0.953 bits per heavy atom. The van der Waals surface area contributed by atoms with Gasteiger partial charge < -0.3 is 14.6 Å². The zero-order chi connectivity index (χ0) is 30.3. The zero-order valence-electron chi connectivity index (χ0n) is 23.8. The molecular weight excluding hydrogens is 594 g/mol. The summed E-state index contributed by atoms with van der Waals surface area (Å²) in [5.74, 6) is -0.694. The molecule has 10 heteroatoms. The molecule has 2 aliphatic rings. The molecule has 1 N–H and O–H groups in total. The summed E-state index contributed by atoms with van der Waals surface area (Å²) in [5.41, 5.74) is 0.869. The summed E-state index contributed by atoms with van der Waals surface area (Å²) in [4.78, 5) is 28.0. The van der Waals surface area contributed by atoms with Gasteiger partial charge in [0.1, 0.15) is 11.4 Å². The van der Waals surface area contributed by atoms with E-state index in [4.69, 9.17) is 0 Å². The average molecular weight is 627 g/mol. The molecule has 3 heterocycles. The summed E-state index contributed by atoms with van der Waals surface area (Å²) in [5, 5.41) is 9.85. The van der Waals surface area contributed by atoms with Gasteiger partial charge in [-0.25, -0.2) is 4.79 Å². The summed E-state index contributed by atoms with van der Waals surface area (Å²) in [6, 6.07) is 16.1. The highest BCUT2D eigenvalue weighted by Crippen LogP contribution is 2.47. The van der Waals surface area contributed by atoms with E-state index in [0.717, 1.165) is 77.7 Å². The molecule has 1 aliphatic carbocycles. The SMILES string of the molecule is CC1CCCN1C(=O)Cn1c(-c2ccc(-c3cccc(SC(F)(F)F)c3)cc2)c(C2CCCCC2)c2sc(C(=O)O)cc21. The Morgan fingerprint density at radius 2 is 1.67 bits per heavy atom. The van der Waals surface area contributed by atoms with Crippen molar-refractivity contribution in [2.24, 2.45) is 0 Å². The second-order valence-electron chi connectivity index (χ2n) is 11.5. The number of halogens is 3. The maximum Gasteiger partial charge on any atom is 0.446 e. The second kappa shape index (κ2) is 12.0. The van der Waals surface area contributed by atoms with Gasteiger partial charge in [0.15, 0.2) is 0 Å². The van der Waals surface area contributed by atoms with Crippen molar-refractivity contribution in [3.05, 3.63) is 65.0 Å². The lowest BCUT2D eigenvalue weighted by molar-refractivity contribution is -0.132. The lowest BCUT2D eigenvalue weighted by atomic mass is 9.83. The lowest BCUT2D eigenvalue weighted by Gasteiger charge is -2.25. The Bertz CT molecular complexity index is 1650. The molecule has 6 rings (SSSR count). The van der Waals surface area contributed by atoms with Gasteiger partial charge in [0.2, 0.25) is 5.91 Å². The molecule has 0 spiro atoms. The van der Waals surface area contributed by atoms with E-state index >= 15 is 0 Å². The van der Waals surface area contributed by atoms with Gasteiger partial charge in [0.25, 0.3) is 0 Å². The Kier molecular flexibility index (Phi) is 8.35. The first kappa shape index (κ1) is 29.8. The number of thioether (sulfide) groups is 1. The lowest BCUT2D eigenvalue weighted by Crippen LogP contribution is -2.36. The number of benzene rings is 2. The number of aromatic carboxylic acids is 1. The maximum atomic E-state index is 13.7. The monoisotopic (exact) mass is 626 g/mol. The van der Waals surface area contributed by atoms with E-state index in [0.29, 0.717) is 5.56 Å². The summed E-state index contributed by atoms with van der Waals surface area (Å²) in [6.45, 7) is 2.91. The number of carboxylic acid groups (broad SMARTS) is 1. The van der Waals surface area contributed by atoms with Crippen LogP contribution in [-0.4, -0.2) is 44.5 Å². The number of alkyl halides is 3. The van der Waals surface area contributed by atoms with Gasteiger partial charge >= 0.3 is 11.5 Å². The minimum absolute atomic E-state index is 0.0250. The van der Waals surface area contributed by atoms with E-state index in [1.54, 1.807) is 24.3 Å². The third-order valence-electron chi connectivity index (χ3n) is 8.72. The number of carbonyl (C=O) groups is 2. The van der Waals surface area contributed by atoms with Crippen LogP contribution in [0.15, 0.2) is 59.5 Å². The Balaban J connectivity index is 1.46. The van der Waals surface area contributed by atoms with Gasteiger partial charge in [0.05, 0.1) is 15.9 Å². The number of hydrogen-bond acceptors (Lipinski definition) is 4. The van der Waals surface area contributed by atoms with Crippen LogP contribution in [0.1, 0.15) is 73.0 Å². The molecule has 0 radical (unpaired) electrons. The third kappa shape index (κ3) is 6.22. The molecule has 1 saturated carbocycles. The first-order chi connectivity index (χ1) is 20.6. The van der Waals surface area contributed by atoms with E-state index in [1.165, 1.54) is 23.8 Å². The van der Waals surface area contributed by atoms with Crippen molar-refractivity contribution in [1.82, 2.24) is 9.47 Å². The molecule has 43 heavy (non-hydrogen) atoms. The normalized spacial score (nSPS) is 18.0. The number of likely N-dealkylation sites (tertiary alicyclic amines) is 1. The maximum absolute atomic E-state index is 13.7. The standard InChI is InChI=1S/C33H33F3N2O3S2/c1-20-7-6-16-37(20)28(39)19-38-26-18-27(32(40)41)42-31(26)29(22-8-3-2-4-9-22)30(38)23-14-12-21(13-15-23)24-10-5-11-25(17-24)43-33(34,35)36/h5,10-15,17-18,20,22H,2-4,6-9,16,19H2,1H3,(H,40,41). The largest absolute Gasteiger partial charge is 0.477 e. The van der Waals surface area contributed by atoms with Crippen molar-refractivity contribution in [3.63, 3.8) is 0 Å². The van der Waals surface area contributed by atoms with Crippen molar-refractivity contribution in [1.29, 1.82) is 0 Å². The number of carboxylic acids is 1. The fraction of sp³-hybridized carbons (Fsp3) is 0.394. The predicted molar refractivity (Wildman–Crippen MR) is 166 cm³/mol. The molecule has 1 atom stereocenters. The van der Waals surface area contributed by atoms with Gasteiger partial charge in [-0.2, -0.15) is 13.2 Å². The Labute approximate surface area is 256 Å². The van der Waals surface area contributed by atoms with E-state index in [1.807, 2.05) is 33.7 Å². The molecule has 1 unspecified atom stereocenters. The number of nitrogens with zero attached hydrogens (tertiary/aromatic N) is 2. The van der Waals surface area contributed by atoms with Crippen molar-refractivity contribution in [2.45, 2.75) is 80.8 Å². The number of carbonyl (C=O) groups excluding carboxylic acids is 1. The minimum Gasteiger partial charge on any atom is -0.477 e. The smallest absolute Gasteiger partial charge is 0.446 e. The van der Waals surface area contributed by atoms with Crippen LogP contribution in [0, 0.1) is 0 Å². The first-order valence-corrected chi connectivity index (χ1v) is 16.4. The van der Waals surface area contributed by atoms with Crippen LogP contribution in [0.2, 0.25) is 0 Å².